The van der Waals surface area contributed by atoms with Crippen molar-refractivity contribution in [3.05, 3.63) is 47.3 Å². The predicted octanol–water partition coefficient (Wildman–Crippen LogP) is 4.21. The Bertz CT molecular complexity index is 726. The highest BCUT2D eigenvalue weighted by atomic mass is 16.5. The molecule has 27 heavy (non-hydrogen) atoms. The number of hydrogen-bond donors (Lipinski definition) is 1. The number of carbonyl (C=O) groups is 1. The Labute approximate surface area is 160 Å². The molecule has 0 radical (unpaired) electrons. The Hall–Kier alpha value is -2.34. The van der Waals surface area contributed by atoms with E-state index in [2.05, 4.69) is 23.0 Å². The fourth-order valence-corrected chi connectivity index (χ4v) is 3.61. The summed E-state index contributed by atoms with van der Waals surface area (Å²) in [5.41, 5.74) is 2.23. The van der Waals surface area contributed by atoms with E-state index in [1.807, 2.05) is 24.3 Å². The van der Waals surface area contributed by atoms with Crippen molar-refractivity contribution < 1.29 is 19.2 Å². The Morgan fingerprint density at radius 1 is 1.30 bits per heavy atom. The summed E-state index contributed by atoms with van der Waals surface area (Å²) < 4.78 is 10.7. The number of benzene rings is 1. The zero-order valence-corrected chi connectivity index (χ0v) is 15.9. The van der Waals surface area contributed by atoms with Gasteiger partial charge in [-0.2, -0.15) is 0 Å². The van der Waals surface area contributed by atoms with Crippen LogP contribution in [-0.2, 0) is 17.8 Å². The molecule has 0 saturated carbocycles. The zero-order chi connectivity index (χ0) is 19.1. The fraction of sp³-hybridized carbons (Fsp3) is 0.524. The van der Waals surface area contributed by atoms with Gasteiger partial charge < -0.3 is 14.4 Å². The Balaban J connectivity index is 1.68. The highest BCUT2D eigenvalue weighted by Crippen LogP contribution is 2.31. The van der Waals surface area contributed by atoms with Crippen LogP contribution in [0, 0.1) is 0 Å². The first-order valence-corrected chi connectivity index (χ1v) is 9.78. The van der Waals surface area contributed by atoms with Crippen LogP contribution in [0.3, 0.4) is 0 Å². The van der Waals surface area contributed by atoms with Crippen molar-refractivity contribution in [1.82, 2.24) is 10.1 Å². The van der Waals surface area contributed by atoms with Crippen LogP contribution in [0.1, 0.15) is 62.1 Å². The van der Waals surface area contributed by atoms with E-state index < -0.39 is 5.97 Å². The third-order valence-electron chi connectivity index (χ3n) is 4.95. The Morgan fingerprint density at radius 2 is 2.11 bits per heavy atom. The molecule has 0 amide bonds. The van der Waals surface area contributed by atoms with Crippen molar-refractivity contribution in [3.8, 4) is 5.75 Å². The van der Waals surface area contributed by atoms with E-state index in [1.165, 1.54) is 24.8 Å². The van der Waals surface area contributed by atoms with Gasteiger partial charge in [-0.25, -0.2) is 4.79 Å². The maximum absolute atomic E-state index is 10.6. The minimum Gasteiger partial charge on any atom is -0.482 e. The van der Waals surface area contributed by atoms with Crippen molar-refractivity contribution in [3.63, 3.8) is 0 Å². The average Bonchev–Trinajstić information content (AvgIpc) is 3.00. The van der Waals surface area contributed by atoms with Crippen LogP contribution >= 0.6 is 0 Å². The number of rotatable bonds is 8. The number of carboxylic acids is 1. The summed E-state index contributed by atoms with van der Waals surface area (Å²) in [6.07, 6.45) is 6.72. The lowest BCUT2D eigenvalue weighted by Gasteiger charge is -2.28. The monoisotopic (exact) mass is 372 g/mol. The molecule has 1 aliphatic heterocycles. The molecule has 0 spiro atoms. The number of likely N-dealkylation sites (tertiary alicyclic amines) is 1. The maximum atomic E-state index is 10.6. The van der Waals surface area contributed by atoms with Crippen LogP contribution in [0.2, 0.25) is 0 Å². The van der Waals surface area contributed by atoms with E-state index >= 15 is 0 Å². The smallest absolute Gasteiger partial charge is 0.341 e. The molecule has 6 heteroatoms. The third-order valence-corrected chi connectivity index (χ3v) is 4.95. The molecule has 1 fully saturated rings. The SMILES string of the molecule is CCCc1cc(C2CCCCCN2Cc2ccc(OCC(=O)O)cc2)no1. The Morgan fingerprint density at radius 3 is 2.85 bits per heavy atom. The summed E-state index contributed by atoms with van der Waals surface area (Å²) in [7, 11) is 0. The van der Waals surface area contributed by atoms with Gasteiger partial charge >= 0.3 is 5.97 Å². The molecule has 3 rings (SSSR count). The van der Waals surface area contributed by atoms with E-state index in [-0.39, 0.29) is 12.6 Å². The van der Waals surface area contributed by atoms with Gasteiger partial charge in [-0.1, -0.05) is 37.1 Å². The number of aromatic nitrogens is 1. The maximum Gasteiger partial charge on any atom is 0.341 e. The number of aryl methyl sites for hydroxylation is 1. The molecular weight excluding hydrogens is 344 g/mol. The lowest BCUT2D eigenvalue weighted by atomic mass is 10.0. The quantitative estimate of drug-likeness (QED) is 0.748. The third kappa shape index (κ3) is 5.57. The van der Waals surface area contributed by atoms with Crippen molar-refractivity contribution in [2.45, 2.75) is 58.0 Å². The van der Waals surface area contributed by atoms with Gasteiger partial charge in [-0.05, 0) is 43.5 Å². The van der Waals surface area contributed by atoms with Crippen LogP contribution in [0.4, 0.5) is 0 Å². The van der Waals surface area contributed by atoms with Gasteiger partial charge in [0.15, 0.2) is 6.61 Å². The second-order valence-corrected chi connectivity index (χ2v) is 7.13. The van der Waals surface area contributed by atoms with E-state index in [1.54, 1.807) is 0 Å². The average molecular weight is 372 g/mol. The van der Waals surface area contributed by atoms with Crippen LogP contribution in [0.25, 0.3) is 0 Å². The molecule has 1 N–H and O–H groups in total. The standard InChI is InChI=1S/C21H28N2O4/c1-2-6-18-13-19(22-27-18)20-7-4-3-5-12-23(20)14-16-8-10-17(11-9-16)26-15-21(24)25/h8-11,13,20H,2-7,12,14-15H2,1H3,(H,24,25). The molecule has 1 aliphatic rings. The first kappa shape index (κ1) is 19.4. The lowest BCUT2D eigenvalue weighted by Crippen LogP contribution is -2.28. The predicted molar refractivity (Wildman–Crippen MR) is 102 cm³/mol. The minimum atomic E-state index is -0.971. The van der Waals surface area contributed by atoms with Gasteiger partial charge in [0.25, 0.3) is 0 Å². The van der Waals surface area contributed by atoms with E-state index in [0.717, 1.165) is 43.8 Å². The summed E-state index contributed by atoms with van der Waals surface area (Å²) in [5, 5.41) is 13.1. The second kappa shape index (κ2) is 9.55. The van der Waals surface area contributed by atoms with Crippen molar-refractivity contribution in [2.75, 3.05) is 13.2 Å². The minimum absolute atomic E-state index is 0.282. The highest BCUT2D eigenvalue weighted by molar-refractivity contribution is 5.68. The van der Waals surface area contributed by atoms with Gasteiger partial charge in [-0.3, -0.25) is 4.90 Å². The van der Waals surface area contributed by atoms with E-state index in [4.69, 9.17) is 14.4 Å². The van der Waals surface area contributed by atoms with Crippen LogP contribution in [-0.4, -0.2) is 34.3 Å². The largest absolute Gasteiger partial charge is 0.482 e. The molecular formula is C21H28N2O4. The number of nitrogens with zero attached hydrogens (tertiary/aromatic N) is 2. The van der Waals surface area contributed by atoms with Crippen molar-refractivity contribution in [1.29, 1.82) is 0 Å². The number of aliphatic carboxylic acids is 1. The molecule has 0 aliphatic carbocycles. The first-order chi connectivity index (χ1) is 13.2. The molecule has 0 bridgehead atoms. The molecule has 1 unspecified atom stereocenters. The van der Waals surface area contributed by atoms with Crippen LogP contribution in [0.15, 0.2) is 34.9 Å². The zero-order valence-electron chi connectivity index (χ0n) is 15.9. The molecule has 2 heterocycles. The van der Waals surface area contributed by atoms with Gasteiger partial charge in [0, 0.05) is 19.0 Å². The van der Waals surface area contributed by atoms with Crippen LogP contribution in [0.5, 0.6) is 5.75 Å². The molecule has 146 valence electrons. The normalized spacial score (nSPS) is 18.2. The van der Waals surface area contributed by atoms with Crippen molar-refractivity contribution in [2.24, 2.45) is 0 Å². The topological polar surface area (TPSA) is 75.8 Å². The molecule has 2 aromatic rings. The molecule has 1 saturated heterocycles. The summed E-state index contributed by atoms with van der Waals surface area (Å²) >= 11 is 0. The van der Waals surface area contributed by atoms with Gasteiger partial charge in [0.05, 0.1) is 6.04 Å². The van der Waals surface area contributed by atoms with E-state index in [0.29, 0.717) is 5.75 Å². The Kier molecular flexibility index (Phi) is 6.87. The summed E-state index contributed by atoms with van der Waals surface area (Å²) in [4.78, 5) is 13.1. The summed E-state index contributed by atoms with van der Waals surface area (Å²) in [5.74, 6) is 0.576. The first-order valence-electron chi connectivity index (χ1n) is 9.78. The van der Waals surface area contributed by atoms with Crippen LogP contribution < -0.4 is 4.74 Å². The summed E-state index contributed by atoms with van der Waals surface area (Å²) in [6.45, 7) is 3.70. The molecule has 6 nitrogen and oxygen atoms in total. The van der Waals surface area contributed by atoms with Crippen molar-refractivity contribution >= 4 is 5.97 Å². The van der Waals surface area contributed by atoms with E-state index in [9.17, 15) is 4.79 Å². The number of ether oxygens (including phenoxy) is 1. The van der Waals surface area contributed by atoms with Gasteiger partial charge in [0.2, 0.25) is 0 Å². The number of hydrogen-bond acceptors (Lipinski definition) is 5. The molecule has 1 aromatic heterocycles. The highest BCUT2D eigenvalue weighted by Gasteiger charge is 2.25. The second-order valence-electron chi connectivity index (χ2n) is 7.13. The molecule has 1 aromatic carbocycles. The van der Waals surface area contributed by atoms with Gasteiger partial charge in [-0.15, -0.1) is 0 Å². The number of carboxylic acid groups (broad SMARTS) is 1. The molecule has 1 atom stereocenters. The fourth-order valence-electron chi connectivity index (χ4n) is 3.61. The van der Waals surface area contributed by atoms with Gasteiger partial charge in [0.1, 0.15) is 17.2 Å². The summed E-state index contributed by atoms with van der Waals surface area (Å²) in [6, 6.07) is 10.1. The lowest BCUT2D eigenvalue weighted by molar-refractivity contribution is -0.139.